The molecule has 0 aliphatic carbocycles. The summed E-state index contributed by atoms with van der Waals surface area (Å²) in [6.07, 6.45) is 2.40. The number of carboxylic acid groups (broad SMARTS) is 1. The molecule has 1 atom stereocenters. The molecule has 0 aliphatic heterocycles. The molecule has 0 aliphatic rings. The summed E-state index contributed by atoms with van der Waals surface area (Å²) in [5, 5.41) is 15.8. The molecule has 1 aromatic heterocycles. The second-order valence-corrected chi connectivity index (χ2v) is 7.40. The summed E-state index contributed by atoms with van der Waals surface area (Å²) in [7, 11) is 0. The smallest absolute Gasteiger partial charge is 0.322 e. The fourth-order valence-corrected chi connectivity index (χ4v) is 2.78. The number of aromatic amines is 1. The van der Waals surface area contributed by atoms with Crippen LogP contribution in [0.4, 0.5) is 0 Å². The molecule has 150 valence electrons. The first-order valence-corrected chi connectivity index (χ1v) is 9.22. The van der Waals surface area contributed by atoms with Crippen molar-refractivity contribution >= 4 is 35.0 Å². The van der Waals surface area contributed by atoms with Gasteiger partial charge in [0.2, 0.25) is 17.7 Å². The third-order valence-electron chi connectivity index (χ3n) is 3.45. The van der Waals surface area contributed by atoms with E-state index in [1.54, 1.807) is 0 Å². The van der Waals surface area contributed by atoms with Crippen LogP contribution < -0.4 is 20.8 Å². The zero-order valence-electron chi connectivity index (χ0n) is 15.2. The maximum Gasteiger partial charge on any atom is 0.322 e. The van der Waals surface area contributed by atoms with Gasteiger partial charge >= 0.3 is 10.8 Å². The van der Waals surface area contributed by atoms with E-state index in [-0.39, 0.29) is 17.8 Å². The molecule has 3 amide bonds. The molecule has 11 heteroatoms. The molecule has 1 heterocycles. The first-order valence-electron chi connectivity index (χ1n) is 8.40. The van der Waals surface area contributed by atoms with Crippen molar-refractivity contribution in [1.82, 2.24) is 20.9 Å². The van der Waals surface area contributed by atoms with Crippen molar-refractivity contribution in [3.63, 3.8) is 0 Å². The number of carbonyl (C=O) groups is 4. The van der Waals surface area contributed by atoms with Crippen LogP contribution in [0.3, 0.4) is 0 Å². The molecule has 1 unspecified atom stereocenters. The average Bonchev–Trinajstić information content (AvgIpc) is 2.99. The zero-order valence-corrected chi connectivity index (χ0v) is 16.0. The molecule has 10 nitrogen and oxygen atoms in total. The van der Waals surface area contributed by atoms with Gasteiger partial charge < -0.3 is 26.0 Å². The van der Waals surface area contributed by atoms with E-state index >= 15 is 0 Å². The molecule has 1 rings (SSSR count). The average molecular weight is 400 g/mol. The van der Waals surface area contributed by atoms with Crippen LogP contribution in [0.25, 0.3) is 0 Å². The van der Waals surface area contributed by atoms with Gasteiger partial charge in [0.25, 0.3) is 0 Å². The Labute approximate surface area is 159 Å². The summed E-state index contributed by atoms with van der Waals surface area (Å²) in [4.78, 5) is 60.2. The normalized spacial score (nSPS) is 11.7. The van der Waals surface area contributed by atoms with Gasteiger partial charge in [-0.1, -0.05) is 25.2 Å². The van der Waals surface area contributed by atoms with Crippen LogP contribution in [0.15, 0.2) is 11.0 Å². The van der Waals surface area contributed by atoms with Gasteiger partial charge in [-0.2, -0.15) is 0 Å². The van der Waals surface area contributed by atoms with E-state index in [2.05, 4.69) is 20.9 Å². The summed E-state index contributed by atoms with van der Waals surface area (Å²) in [5.74, 6) is -2.48. The van der Waals surface area contributed by atoms with Crippen molar-refractivity contribution in [3.8, 4) is 0 Å². The fraction of sp³-hybridized carbons (Fsp3) is 0.562. The summed E-state index contributed by atoms with van der Waals surface area (Å²) >= 11 is 0.909. The first-order chi connectivity index (χ1) is 12.7. The van der Waals surface area contributed by atoms with Crippen molar-refractivity contribution in [1.29, 1.82) is 0 Å². The predicted octanol–water partition coefficient (Wildman–Crippen LogP) is -0.783. The van der Waals surface area contributed by atoms with Crippen molar-refractivity contribution in [2.24, 2.45) is 5.92 Å². The second kappa shape index (κ2) is 11.1. The monoisotopic (exact) mass is 400 g/mol. The number of nitrogens with one attached hydrogen (secondary N) is 4. The molecule has 0 saturated heterocycles. The first kappa shape index (κ1) is 22.4. The summed E-state index contributed by atoms with van der Waals surface area (Å²) in [5.41, 5.74) is 0. The van der Waals surface area contributed by atoms with Crippen LogP contribution in [0.1, 0.15) is 31.6 Å². The van der Waals surface area contributed by atoms with Crippen LogP contribution in [-0.4, -0.2) is 52.9 Å². The van der Waals surface area contributed by atoms with E-state index in [4.69, 9.17) is 5.11 Å². The minimum absolute atomic E-state index is 0.0352. The number of amides is 3. The van der Waals surface area contributed by atoms with Gasteiger partial charge in [0.1, 0.15) is 12.6 Å². The quantitative estimate of drug-likeness (QED) is 0.328. The lowest BCUT2D eigenvalue weighted by atomic mass is 10.0. The largest absolute Gasteiger partial charge is 0.480 e. The number of aromatic nitrogens is 1. The standard InChI is InChI=1S/C16H24N4O6S/c1-9(2)3-4-11(15(25)18-8-14(23)24)20-13(22)7-17-12(21)5-10-6-19-16(26)27-10/h6,9,11H,3-5,7-8H2,1-2H3,(H,17,21)(H,18,25)(H,19,26)(H,20,22)(H,23,24). The Kier molecular flexibility index (Phi) is 9.20. The number of carbonyl (C=O) groups excluding carboxylic acids is 3. The molecule has 0 aromatic carbocycles. The highest BCUT2D eigenvalue weighted by Gasteiger charge is 2.21. The Balaban J connectivity index is 2.50. The highest BCUT2D eigenvalue weighted by molar-refractivity contribution is 7.09. The Morgan fingerprint density at radius 2 is 1.81 bits per heavy atom. The van der Waals surface area contributed by atoms with Gasteiger partial charge in [-0.15, -0.1) is 0 Å². The molecule has 0 saturated carbocycles. The van der Waals surface area contributed by atoms with Crippen molar-refractivity contribution in [2.45, 2.75) is 39.2 Å². The molecule has 27 heavy (non-hydrogen) atoms. The third-order valence-corrected chi connectivity index (χ3v) is 4.28. The van der Waals surface area contributed by atoms with E-state index in [1.165, 1.54) is 6.20 Å². The Morgan fingerprint density at radius 3 is 2.37 bits per heavy atom. The summed E-state index contributed by atoms with van der Waals surface area (Å²) < 4.78 is 0. The topological polar surface area (TPSA) is 157 Å². The van der Waals surface area contributed by atoms with Gasteiger partial charge in [-0.05, 0) is 18.8 Å². The Bertz CT molecular complexity index is 726. The molecule has 5 N–H and O–H groups in total. The van der Waals surface area contributed by atoms with Crippen LogP contribution in [-0.2, 0) is 25.6 Å². The molecule has 1 aromatic rings. The van der Waals surface area contributed by atoms with Gasteiger partial charge in [0.15, 0.2) is 0 Å². The number of aliphatic carboxylic acids is 1. The molecule has 0 fully saturated rings. The molecular weight excluding hydrogens is 376 g/mol. The van der Waals surface area contributed by atoms with Crippen LogP contribution in [0.2, 0.25) is 0 Å². The van der Waals surface area contributed by atoms with E-state index in [0.29, 0.717) is 23.6 Å². The number of thiazole rings is 1. The maximum absolute atomic E-state index is 12.1. The van der Waals surface area contributed by atoms with Gasteiger partial charge in [-0.3, -0.25) is 24.0 Å². The number of rotatable bonds is 11. The number of carboxylic acids is 1. The minimum atomic E-state index is -1.18. The highest BCUT2D eigenvalue weighted by atomic mass is 32.1. The van der Waals surface area contributed by atoms with Crippen LogP contribution in [0.5, 0.6) is 0 Å². The second-order valence-electron chi connectivity index (χ2n) is 6.30. The third kappa shape index (κ3) is 9.54. The van der Waals surface area contributed by atoms with Crippen molar-refractivity contribution < 1.29 is 24.3 Å². The SMILES string of the molecule is CC(C)CCC(NC(=O)CNC(=O)Cc1c[nH]c(=O)s1)C(=O)NCC(=O)O. The van der Waals surface area contributed by atoms with Crippen LogP contribution in [0, 0.1) is 5.92 Å². The Morgan fingerprint density at radius 1 is 1.11 bits per heavy atom. The number of H-pyrrole nitrogens is 1. The van der Waals surface area contributed by atoms with Crippen LogP contribution >= 0.6 is 11.3 Å². The van der Waals surface area contributed by atoms with Crippen molar-refractivity contribution in [3.05, 3.63) is 20.7 Å². The van der Waals surface area contributed by atoms with E-state index in [1.807, 2.05) is 13.8 Å². The van der Waals surface area contributed by atoms with E-state index in [0.717, 1.165) is 11.3 Å². The summed E-state index contributed by atoms with van der Waals surface area (Å²) in [6, 6.07) is -0.883. The lowest BCUT2D eigenvalue weighted by Gasteiger charge is -2.19. The predicted molar refractivity (Wildman–Crippen MR) is 98.3 cm³/mol. The Hall–Kier alpha value is -2.69. The summed E-state index contributed by atoms with van der Waals surface area (Å²) in [6.45, 7) is 3.05. The molecule has 0 spiro atoms. The lowest BCUT2D eigenvalue weighted by Crippen LogP contribution is -2.50. The van der Waals surface area contributed by atoms with Gasteiger partial charge in [-0.25, -0.2) is 0 Å². The van der Waals surface area contributed by atoms with E-state index < -0.39 is 36.3 Å². The van der Waals surface area contributed by atoms with E-state index in [9.17, 15) is 24.0 Å². The minimum Gasteiger partial charge on any atom is -0.480 e. The number of hydrogen-bond donors (Lipinski definition) is 5. The zero-order chi connectivity index (χ0) is 20.4. The number of hydrogen-bond acceptors (Lipinski definition) is 6. The van der Waals surface area contributed by atoms with Crippen molar-refractivity contribution in [2.75, 3.05) is 13.1 Å². The highest BCUT2D eigenvalue weighted by Crippen LogP contribution is 2.07. The van der Waals surface area contributed by atoms with Gasteiger partial charge in [0, 0.05) is 11.1 Å². The molecular formula is C16H24N4O6S. The molecule has 0 bridgehead atoms. The van der Waals surface area contributed by atoms with Gasteiger partial charge in [0.05, 0.1) is 13.0 Å². The molecule has 0 radical (unpaired) electrons. The fourth-order valence-electron chi connectivity index (χ4n) is 2.10. The maximum atomic E-state index is 12.1. The lowest BCUT2D eigenvalue weighted by molar-refractivity contribution is -0.138.